The number of hydrogen-bond donors (Lipinski definition) is 0. The average Bonchev–Trinajstić information content (AvgIpc) is 3.07. The molecule has 1 fully saturated rings. The van der Waals surface area contributed by atoms with E-state index in [0.29, 0.717) is 46.2 Å². The van der Waals surface area contributed by atoms with Gasteiger partial charge in [0.15, 0.2) is 14.6 Å². The highest BCUT2D eigenvalue weighted by molar-refractivity contribution is 6.76. The Morgan fingerprint density at radius 3 is 1.62 bits per heavy atom. The van der Waals surface area contributed by atoms with E-state index < -0.39 is 47.1 Å². The highest BCUT2D eigenvalue weighted by atomic mass is 28.4. The molecule has 50 heavy (non-hydrogen) atoms. The van der Waals surface area contributed by atoms with Crippen molar-refractivity contribution in [2.45, 2.75) is 122 Å². The summed E-state index contributed by atoms with van der Waals surface area (Å²) < 4.78 is 46.5. The minimum Gasteiger partial charge on any atom is -0.417 e. The van der Waals surface area contributed by atoms with Gasteiger partial charge in [-0.15, -0.1) is 0 Å². The molecule has 0 radical (unpaired) electrons. The van der Waals surface area contributed by atoms with Crippen LogP contribution in [0.4, 0.5) is 0 Å². The molecule has 0 aliphatic carbocycles. The van der Waals surface area contributed by atoms with Crippen LogP contribution in [0.3, 0.4) is 0 Å². The van der Waals surface area contributed by atoms with Crippen LogP contribution in [-0.4, -0.2) is 73.5 Å². The van der Waals surface area contributed by atoms with Crippen molar-refractivity contribution >= 4 is 16.4 Å². The van der Waals surface area contributed by atoms with E-state index in [1.54, 1.807) is 0 Å². The van der Waals surface area contributed by atoms with Gasteiger partial charge in [-0.2, -0.15) is 0 Å². The van der Waals surface area contributed by atoms with Crippen molar-refractivity contribution < 1.29 is 32.8 Å². The molecule has 3 aromatic rings. The van der Waals surface area contributed by atoms with Gasteiger partial charge in [0.2, 0.25) is 0 Å². The van der Waals surface area contributed by atoms with Gasteiger partial charge in [-0.25, -0.2) is 0 Å². The molecule has 0 saturated carbocycles. The highest BCUT2D eigenvalue weighted by Crippen LogP contribution is 2.37. The molecule has 9 heteroatoms. The molecule has 7 nitrogen and oxygen atoms in total. The first-order valence-corrected chi connectivity index (χ1v) is 24.9. The minimum absolute atomic E-state index is 0.149. The predicted molar refractivity (Wildman–Crippen MR) is 206 cm³/mol. The van der Waals surface area contributed by atoms with Gasteiger partial charge >= 0.3 is 0 Å². The molecule has 1 aliphatic heterocycles. The van der Waals surface area contributed by atoms with Crippen LogP contribution in [0, 0.1) is 0 Å². The van der Waals surface area contributed by atoms with E-state index in [-0.39, 0.29) is 5.04 Å². The van der Waals surface area contributed by atoms with E-state index in [1.807, 2.05) is 54.6 Å². The second-order valence-corrected chi connectivity index (χ2v) is 26.5. The maximum Gasteiger partial charge on any atom is 0.191 e. The summed E-state index contributed by atoms with van der Waals surface area (Å²) in [7, 11) is -3.23. The molecule has 3 aromatic carbocycles. The van der Waals surface area contributed by atoms with Gasteiger partial charge in [0.1, 0.15) is 24.4 Å². The van der Waals surface area contributed by atoms with Crippen LogP contribution in [-0.2, 0) is 52.7 Å². The van der Waals surface area contributed by atoms with E-state index in [1.165, 1.54) is 0 Å². The Hall–Kier alpha value is -2.19. The lowest BCUT2D eigenvalue weighted by molar-refractivity contribution is -0.326. The van der Waals surface area contributed by atoms with Crippen molar-refractivity contribution in [3.8, 4) is 0 Å². The Morgan fingerprint density at radius 1 is 0.580 bits per heavy atom. The van der Waals surface area contributed by atoms with Gasteiger partial charge in [0.25, 0.3) is 0 Å². The quantitative estimate of drug-likeness (QED) is 0.0851. The first kappa shape index (κ1) is 40.6. The van der Waals surface area contributed by atoms with Gasteiger partial charge in [-0.05, 0) is 47.3 Å². The fourth-order valence-electron chi connectivity index (χ4n) is 5.42. The second-order valence-electron chi connectivity index (χ2n) is 16.0. The molecule has 0 aromatic heterocycles. The molecule has 5 atom stereocenters. The van der Waals surface area contributed by atoms with Crippen LogP contribution in [0.15, 0.2) is 91.0 Å². The van der Waals surface area contributed by atoms with Crippen LogP contribution in [0.25, 0.3) is 0 Å². The van der Waals surface area contributed by atoms with Crippen molar-refractivity contribution in [1.82, 2.24) is 0 Å². The molecule has 0 bridgehead atoms. The lowest BCUT2D eigenvalue weighted by atomic mass is 9.98. The van der Waals surface area contributed by atoms with Crippen molar-refractivity contribution in [3.63, 3.8) is 0 Å². The smallest absolute Gasteiger partial charge is 0.191 e. The number of benzene rings is 3. The van der Waals surface area contributed by atoms with E-state index in [2.05, 4.69) is 89.9 Å². The van der Waals surface area contributed by atoms with Crippen LogP contribution >= 0.6 is 0 Å². The maximum atomic E-state index is 6.83. The summed E-state index contributed by atoms with van der Waals surface area (Å²) in [4.78, 5) is 0. The zero-order valence-corrected chi connectivity index (χ0v) is 33.8. The lowest BCUT2D eigenvalue weighted by Crippen LogP contribution is -2.62. The van der Waals surface area contributed by atoms with Crippen LogP contribution in [0.2, 0.25) is 43.8 Å². The van der Waals surface area contributed by atoms with Gasteiger partial charge in [-0.1, -0.05) is 131 Å². The molecule has 0 N–H and O–H groups in total. The molecule has 1 saturated heterocycles. The summed E-state index contributed by atoms with van der Waals surface area (Å²) in [6.45, 7) is 21.8. The molecule has 0 amide bonds. The Bertz CT molecular complexity index is 1350. The van der Waals surface area contributed by atoms with Crippen LogP contribution in [0.1, 0.15) is 43.9 Å². The minimum atomic E-state index is -1.87. The highest BCUT2D eigenvalue weighted by Gasteiger charge is 2.49. The summed E-state index contributed by atoms with van der Waals surface area (Å²) in [5, 5.41) is 0.149. The zero-order chi connectivity index (χ0) is 36.0. The lowest BCUT2D eigenvalue weighted by Gasteiger charge is -2.46. The SMILES string of the molecule is CC(C)(C)[Si](C)(C)OCCCO[C@H]1[C@H](OCc2ccccc2)[C@@H](OCc2ccccc2)[C@H](OCC[Si](C)(C)C)O[C@@H]1COCc1ccccc1. The molecule has 1 aliphatic rings. The normalized spacial score (nSPS) is 21.7. The monoisotopic (exact) mass is 722 g/mol. The van der Waals surface area contributed by atoms with Gasteiger partial charge < -0.3 is 32.8 Å². The topological polar surface area (TPSA) is 64.6 Å². The Kier molecular flexibility index (Phi) is 15.9. The molecule has 0 unspecified atom stereocenters. The van der Waals surface area contributed by atoms with Crippen molar-refractivity contribution in [2.75, 3.05) is 26.4 Å². The van der Waals surface area contributed by atoms with Crippen LogP contribution in [0.5, 0.6) is 0 Å². The average molecular weight is 723 g/mol. The molecular weight excluding hydrogens is 661 g/mol. The summed E-state index contributed by atoms with van der Waals surface area (Å²) in [6.07, 6.45) is -1.79. The Morgan fingerprint density at radius 2 is 1.10 bits per heavy atom. The summed E-state index contributed by atoms with van der Waals surface area (Å²) in [6, 6.07) is 31.7. The third-order valence-electron chi connectivity index (χ3n) is 9.56. The number of rotatable bonds is 20. The fourth-order valence-corrected chi connectivity index (χ4v) is 7.24. The summed E-state index contributed by atoms with van der Waals surface area (Å²) in [5.41, 5.74) is 3.26. The predicted octanol–water partition coefficient (Wildman–Crippen LogP) is 9.25. The third-order valence-corrected chi connectivity index (χ3v) is 15.8. The summed E-state index contributed by atoms with van der Waals surface area (Å²) >= 11 is 0. The first-order valence-electron chi connectivity index (χ1n) is 18.3. The standard InChI is InChI=1S/C41H62O7Si2/c1-41(2,3)50(7,8)47-26-18-25-43-37-36(32-42-29-33-19-12-9-13-20-33)48-40(44-27-28-49(4,5)6)39(46-31-35-23-16-11-17-24-35)38(37)45-30-34-21-14-10-15-22-34/h9-17,19-24,36-40H,18,25-32H2,1-8H3/t36-,37-,38+,39-,40-/m1/s1. The van der Waals surface area contributed by atoms with E-state index in [9.17, 15) is 0 Å². The van der Waals surface area contributed by atoms with Gasteiger partial charge in [0.05, 0.1) is 26.4 Å². The van der Waals surface area contributed by atoms with E-state index in [4.69, 9.17) is 32.8 Å². The molecule has 1 heterocycles. The molecular formula is C41H62O7Si2. The van der Waals surface area contributed by atoms with Crippen LogP contribution < -0.4 is 0 Å². The largest absolute Gasteiger partial charge is 0.417 e. The second kappa shape index (κ2) is 19.6. The molecule has 276 valence electrons. The van der Waals surface area contributed by atoms with E-state index in [0.717, 1.165) is 29.2 Å². The Labute approximate surface area is 304 Å². The number of hydrogen-bond acceptors (Lipinski definition) is 7. The Balaban J connectivity index is 1.59. The fraction of sp³-hybridized carbons (Fsp3) is 0.561. The summed E-state index contributed by atoms with van der Waals surface area (Å²) in [5.74, 6) is 0. The first-order chi connectivity index (χ1) is 23.8. The third kappa shape index (κ3) is 13.4. The van der Waals surface area contributed by atoms with Crippen molar-refractivity contribution in [1.29, 1.82) is 0 Å². The maximum absolute atomic E-state index is 6.83. The van der Waals surface area contributed by atoms with E-state index >= 15 is 0 Å². The van der Waals surface area contributed by atoms with Crippen molar-refractivity contribution in [3.05, 3.63) is 108 Å². The molecule has 4 rings (SSSR count). The van der Waals surface area contributed by atoms with Crippen molar-refractivity contribution in [2.24, 2.45) is 0 Å². The zero-order valence-electron chi connectivity index (χ0n) is 31.8. The molecule has 0 spiro atoms. The van der Waals surface area contributed by atoms with Gasteiger partial charge in [0, 0.05) is 27.9 Å². The van der Waals surface area contributed by atoms with Gasteiger partial charge in [-0.3, -0.25) is 0 Å². The number of ether oxygens (including phenoxy) is 6.